The third-order valence-corrected chi connectivity index (χ3v) is 2.37. The van der Waals surface area contributed by atoms with Gasteiger partial charge < -0.3 is 10.6 Å². The molecule has 0 saturated heterocycles. The molecule has 0 fully saturated rings. The van der Waals surface area contributed by atoms with Gasteiger partial charge in [-0.15, -0.1) is 0 Å². The van der Waals surface area contributed by atoms with Crippen molar-refractivity contribution in [3.05, 3.63) is 42.0 Å². The highest BCUT2D eigenvalue weighted by Crippen LogP contribution is 2.17. The first-order chi connectivity index (χ1) is 7.00. The number of likely N-dealkylation sites (N-methyl/N-ethyl adjacent to an activating group) is 1. The number of rotatable bonds is 4. The highest BCUT2D eigenvalue weighted by Gasteiger charge is 2.02. The van der Waals surface area contributed by atoms with Crippen LogP contribution in [0.15, 0.2) is 36.4 Å². The molecule has 0 aliphatic carbocycles. The van der Waals surface area contributed by atoms with Gasteiger partial charge in [-0.1, -0.05) is 24.3 Å². The highest BCUT2D eigenvalue weighted by atomic mass is 15.1. The highest BCUT2D eigenvalue weighted by molar-refractivity contribution is 5.48. The lowest BCUT2D eigenvalue weighted by Crippen LogP contribution is -2.19. The zero-order valence-electron chi connectivity index (χ0n) is 9.83. The van der Waals surface area contributed by atoms with E-state index in [2.05, 4.69) is 42.8 Å². The minimum atomic E-state index is 0.102. The Morgan fingerprint density at radius 1 is 1.40 bits per heavy atom. The first kappa shape index (κ1) is 11.8. The second-order valence-corrected chi connectivity index (χ2v) is 4.19. The van der Waals surface area contributed by atoms with Gasteiger partial charge in [-0.2, -0.15) is 0 Å². The van der Waals surface area contributed by atoms with E-state index in [-0.39, 0.29) is 6.04 Å². The zero-order valence-corrected chi connectivity index (χ0v) is 9.83. The van der Waals surface area contributed by atoms with Crippen LogP contribution < -0.4 is 10.6 Å². The monoisotopic (exact) mass is 204 g/mol. The van der Waals surface area contributed by atoms with Gasteiger partial charge in [-0.05, 0) is 31.5 Å². The Kier molecular flexibility index (Phi) is 3.92. The molecule has 2 nitrogen and oxygen atoms in total. The largest absolute Gasteiger partial charge is 0.371 e. The topological polar surface area (TPSA) is 29.3 Å². The van der Waals surface area contributed by atoms with Crippen LogP contribution in [0.2, 0.25) is 0 Å². The number of nitrogens with two attached hydrogens (primary N) is 1. The van der Waals surface area contributed by atoms with Crippen LogP contribution in [0.1, 0.15) is 25.5 Å². The fraction of sp³-hybridized carbons (Fsp3) is 0.385. The maximum Gasteiger partial charge on any atom is 0.0380 e. The Balaban J connectivity index is 2.75. The van der Waals surface area contributed by atoms with E-state index < -0.39 is 0 Å². The number of benzene rings is 1. The van der Waals surface area contributed by atoms with E-state index in [0.29, 0.717) is 0 Å². The molecule has 1 aromatic rings. The van der Waals surface area contributed by atoms with Crippen LogP contribution >= 0.6 is 0 Å². The van der Waals surface area contributed by atoms with Crippen molar-refractivity contribution >= 4 is 5.69 Å². The quantitative estimate of drug-likeness (QED) is 0.764. The van der Waals surface area contributed by atoms with E-state index in [9.17, 15) is 0 Å². The summed E-state index contributed by atoms with van der Waals surface area (Å²) in [5.74, 6) is 0. The van der Waals surface area contributed by atoms with Crippen molar-refractivity contribution in [2.45, 2.75) is 19.9 Å². The predicted molar refractivity (Wildman–Crippen MR) is 67.1 cm³/mol. The van der Waals surface area contributed by atoms with E-state index in [4.69, 9.17) is 5.73 Å². The molecular weight excluding hydrogens is 184 g/mol. The molecule has 0 heterocycles. The van der Waals surface area contributed by atoms with Gasteiger partial charge in [0.15, 0.2) is 0 Å². The van der Waals surface area contributed by atoms with Crippen LogP contribution in [0.3, 0.4) is 0 Å². The predicted octanol–water partition coefficient (Wildman–Crippen LogP) is 2.72. The molecule has 0 aliphatic heterocycles. The number of hydrogen-bond acceptors (Lipinski definition) is 2. The normalized spacial score (nSPS) is 12.3. The van der Waals surface area contributed by atoms with Crippen LogP contribution in [0.5, 0.6) is 0 Å². The van der Waals surface area contributed by atoms with Gasteiger partial charge in [0.1, 0.15) is 0 Å². The molecule has 15 heavy (non-hydrogen) atoms. The number of hydrogen-bond donors (Lipinski definition) is 1. The van der Waals surface area contributed by atoms with Gasteiger partial charge in [0.25, 0.3) is 0 Å². The Morgan fingerprint density at radius 2 is 1.93 bits per heavy atom. The molecular formula is C13H20N2. The molecule has 1 rings (SSSR count). The summed E-state index contributed by atoms with van der Waals surface area (Å²) < 4.78 is 0. The van der Waals surface area contributed by atoms with Crippen molar-refractivity contribution in [2.24, 2.45) is 5.73 Å². The average molecular weight is 204 g/mol. The first-order valence-electron chi connectivity index (χ1n) is 5.21. The molecule has 1 aromatic carbocycles. The third kappa shape index (κ3) is 3.40. The lowest BCUT2D eigenvalue weighted by Gasteiger charge is -2.19. The molecule has 0 spiro atoms. The summed E-state index contributed by atoms with van der Waals surface area (Å²) in [5, 5.41) is 0. The fourth-order valence-electron chi connectivity index (χ4n) is 1.53. The van der Waals surface area contributed by atoms with Gasteiger partial charge in [-0.3, -0.25) is 0 Å². The van der Waals surface area contributed by atoms with Crippen LogP contribution in [0.25, 0.3) is 0 Å². The zero-order chi connectivity index (χ0) is 11.4. The van der Waals surface area contributed by atoms with E-state index in [1.807, 2.05) is 13.8 Å². The molecule has 0 amide bonds. The average Bonchev–Trinajstić information content (AvgIpc) is 2.17. The summed E-state index contributed by atoms with van der Waals surface area (Å²) in [4.78, 5) is 2.17. The van der Waals surface area contributed by atoms with Crippen molar-refractivity contribution in [3.8, 4) is 0 Å². The molecule has 2 heteroatoms. The minimum Gasteiger partial charge on any atom is -0.371 e. The van der Waals surface area contributed by atoms with Crippen molar-refractivity contribution in [2.75, 3.05) is 18.5 Å². The molecule has 1 unspecified atom stereocenters. The standard InChI is InChI=1S/C13H20N2/c1-10(2)9-15(4)13-7-5-12(6-8-13)11(3)14/h5-8,11H,1,9,14H2,2-4H3. The number of anilines is 1. The van der Waals surface area contributed by atoms with E-state index in [1.165, 1.54) is 11.3 Å². The van der Waals surface area contributed by atoms with Crippen molar-refractivity contribution in [1.82, 2.24) is 0 Å². The summed E-state index contributed by atoms with van der Waals surface area (Å²) in [7, 11) is 2.07. The third-order valence-electron chi connectivity index (χ3n) is 2.37. The molecule has 0 aliphatic rings. The van der Waals surface area contributed by atoms with E-state index in [1.54, 1.807) is 0 Å². The molecule has 0 radical (unpaired) electrons. The lowest BCUT2D eigenvalue weighted by molar-refractivity contribution is 0.817. The Bertz CT molecular complexity index is 325. The maximum absolute atomic E-state index is 5.79. The van der Waals surface area contributed by atoms with Crippen LogP contribution in [-0.2, 0) is 0 Å². The Labute approximate surface area is 92.4 Å². The van der Waals surface area contributed by atoms with E-state index in [0.717, 1.165) is 12.1 Å². The minimum absolute atomic E-state index is 0.102. The second-order valence-electron chi connectivity index (χ2n) is 4.19. The van der Waals surface area contributed by atoms with Gasteiger partial charge in [-0.25, -0.2) is 0 Å². The Morgan fingerprint density at radius 3 is 2.33 bits per heavy atom. The number of nitrogens with zero attached hydrogens (tertiary/aromatic N) is 1. The van der Waals surface area contributed by atoms with Crippen LogP contribution in [0.4, 0.5) is 5.69 Å². The summed E-state index contributed by atoms with van der Waals surface area (Å²) in [6, 6.07) is 8.46. The molecule has 82 valence electrons. The fourth-order valence-corrected chi connectivity index (χ4v) is 1.53. The van der Waals surface area contributed by atoms with Gasteiger partial charge >= 0.3 is 0 Å². The van der Waals surface area contributed by atoms with Crippen molar-refractivity contribution < 1.29 is 0 Å². The molecule has 2 N–H and O–H groups in total. The van der Waals surface area contributed by atoms with Crippen LogP contribution in [0, 0.1) is 0 Å². The molecule has 0 aromatic heterocycles. The second kappa shape index (κ2) is 4.99. The van der Waals surface area contributed by atoms with Crippen LogP contribution in [-0.4, -0.2) is 13.6 Å². The van der Waals surface area contributed by atoms with Crippen molar-refractivity contribution in [1.29, 1.82) is 0 Å². The van der Waals surface area contributed by atoms with Crippen molar-refractivity contribution in [3.63, 3.8) is 0 Å². The summed E-state index contributed by atoms with van der Waals surface area (Å²) in [6.45, 7) is 8.82. The first-order valence-corrected chi connectivity index (χ1v) is 5.21. The molecule has 0 bridgehead atoms. The maximum atomic E-state index is 5.79. The smallest absolute Gasteiger partial charge is 0.0380 e. The SMILES string of the molecule is C=C(C)CN(C)c1ccc(C(C)N)cc1. The van der Waals surface area contributed by atoms with Gasteiger partial charge in [0.05, 0.1) is 0 Å². The Hall–Kier alpha value is -1.28. The summed E-state index contributed by atoms with van der Waals surface area (Å²) >= 11 is 0. The summed E-state index contributed by atoms with van der Waals surface area (Å²) in [6.07, 6.45) is 0. The van der Waals surface area contributed by atoms with Gasteiger partial charge in [0.2, 0.25) is 0 Å². The summed E-state index contributed by atoms with van der Waals surface area (Å²) in [5.41, 5.74) is 9.32. The van der Waals surface area contributed by atoms with Gasteiger partial charge in [0, 0.05) is 25.3 Å². The van der Waals surface area contributed by atoms with E-state index >= 15 is 0 Å². The lowest BCUT2D eigenvalue weighted by atomic mass is 10.1. The molecule has 1 atom stereocenters. The molecule has 0 saturated carbocycles.